The Labute approximate surface area is 103 Å². The van der Waals surface area contributed by atoms with Crippen molar-refractivity contribution in [2.75, 3.05) is 11.9 Å². The van der Waals surface area contributed by atoms with Crippen LogP contribution in [0.4, 0.5) is 15.8 Å². The van der Waals surface area contributed by atoms with Crippen LogP contribution >= 0.6 is 0 Å². The lowest BCUT2D eigenvalue weighted by atomic mass is 10.2. The maximum Gasteiger partial charge on any atom is 0.335 e. The second-order valence-electron chi connectivity index (χ2n) is 3.66. The first-order chi connectivity index (χ1) is 8.58. The Morgan fingerprint density at radius 2 is 1.89 bits per heavy atom. The minimum absolute atomic E-state index is 0.103. The van der Waals surface area contributed by atoms with E-state index >= 15 is 0 Å². The predicted molar refractivity (Wildman–Crippen MR) is 63.5 cm³/mol. The first kappa shape index (κ1) is 12.0. The van der Waals surface area contributed by atoms with Gasteiger partial charge in [0.05, 0.1) is 23.6 Å². The maximum atomic E-state index is 13.3. The molecule has 0 atom stereocenters. The van der Waals surface area contributed by atoms with E-state index < -0.39 is 11.8 Å². The van der Waals surface area contributed by atoms with Gasteiger partial charge in [0.2, 0.25) is 0 Å². The summed E-state index contributed by atoms with van der Waals surface area (Å²) in [5.41, 5.74) is 0.954. The number of rotatable bonds is 3. The van der Waals surface area contributed by atoms with Crippen LogP contribution in [0.3, 0.4) is 0 Å². The number of carboxylic acid groups (broad SMARTS) is 1. The lowest BCUT2D eigenvalue weighted by Gasteiger charge is -2.18. The van der Waals surface area contributed by atoms with Crippen LogP contribution in [-0.2, 0) is 0 Å². The van der Waals surface area contributed by atoms with Crippen LogP contribution in [0.1, 0.15) is 10.4 Å². The van der Waals surface area contributed by atoms with Crippen LogP contribution in [0.25, 0.3) is 0 Å². The largest absolute Gasteiger partial charge is 0.478 e. The average molecular weight is 247 g/mol. The van der Waals surface area contributed by atoms with Crippen molar-refractivity contribution in [2.24, 2.45) is 0 Å². The van der Waals surface area contributed by atoms with Crippen molar-refractivity contribution in [2.45, 2.75) is 0 Å². The third-order valence-corrected chi connectivity index (χ3v) is 2.45. The molecule has 6 heteroatoms. The first-order valence-electron chi connectivity index (χ1n) is 5.10. The molecule has 2 rings (SSSR count). The van der Waals surface area contributed by atoms with Crippen LogP contribution in [0.5, 0.6) is 0 Å². The molecule has 1 aromatic heterocycles. The molecule has 0 spiro atoms. The number of hydrogen-bond acceptors (Lipinski definition) is 4. The summed E-state index contributed by atoms with van der Waals surface area (Å²) in [4.78, 5) is 20.2. The highest BCUT2D eigenvalue weighted by atomic mass is 19.1. The smallest absolute Gasteiger partial charge is 0.335 e. The lowest BCUT2D eigenvalue weighted by Crippen LogP contribution is -2.11. The number of aromatic nitrogens is 2. The molecule has 5 nitrogen and oxygen atoms in total. The van der Waals surface area contributed by atoms with Gasteiger partial charge < -0.3 is 10.0 Å². The number of hydrogen-bond donors (Lipinski definition) is 1. The summed E-state index contributed by atoms with van der Waals surface area (Å²) in [6, 6.07) is 3.61. The SMILES string of the molecule is CN(c1cncnc1)c1cc(F)cc(C(=O)O)c1. The van der Waals surface area contributed by atoms with E-state index in [4.69, 9.17) is 5.11 Å². The number of aromatic carboxylic acids is 1. The van der Waals surface area contributed by atoms with Gasteiger partial charge >= 0.3 is 5.97 Å². The first-order valence-corrected chi connectivity index (χ1v) is 5.10. The number of carbonyl (C=O) groups is 1. The standard InChI is InChI=1S/C12H10FN3O2/c1-16(11-5-14-7-15-6-11)10-3-8(12(17)18)2-9(13)4-10/h2-7H,1H3,(H,17,18). The van der Waals surface area contributed by atoms with Crippen LogP contribution in [-0.4, -0.2) is 28.1 Å². The molecule has 18 heavy (non-hydrogen) atoms. The van der Waals surface area contributed by atoms with E-state index in [0.29, 0.717) is 11.4 Å². The molecule has 0 radical (unpaired) electrons. The van der Waals surface area contributed by atoms with Crippen molar-refractivity contribution in [3.63, 3.8) is 0 Å². The van der Waals surface area contributed by atoms with E-state index in [-0.39, 0.29) is 5.56 Å². The Kier molecular flexibility index (Phi) is 3.18. The molecule has 0 saturated carbocycles. The monoisotopic (exact) mass is 247 g/mol. The fourth-order valence-corrected chi connectivity index (χ4v) is 1.50. The summed E-state index contributed by atoms with van der Waals surface area (Å²) in [6.07, 6.45) is 4.49. The molecule has 1 N–H and O–H groups in total. The lowest BCUT2D eigenvalue weighted by molar-refractivity contribution is 0.0696. The van der Waals surface area contributed by atoms with Crippen molar-refractivity contribution in [3.8, 4) is 0 Å². The Morgan fingerprint density at radius 3 is 2.50 bits per heavy atom. The highest BCUT2D eigenvalue weighted by Gasteiger charge is 2.11. The molecule has 0 bridgehead atoms. The number of nitrogens with zero attached hydrogens (tertiary/aromatic N) is 3. The summed E-state index contributed by atoms with van der Waals surface area (Å²) in [7, 11) is 1.68. The van der Waals surface area contributed by atoms with E-state index in [2.05, 4.69) is 9.97 Å². The molecule has 0 aliphatic heterocycles. The van der Waals surface area contributed by atoms with E-state index in [1.807, 2.05) is 0 Å². The number of halogens is 1. The molecule has 0 fully saturated rings. The average Bonchev–Trinajstić information content (AvgIpc) is 2.38. The van der Waals surface area contributed by atoms with Gasteiger partial charge in [-0.2, -0.15) is 0 Å². The summed E-state index contributed by atoms with van der Waals surface area (Å²) in [5, 5.41) is 8.88. The zero-order valence-electron chi connectivity index (χ0n) is 9.54. The van der Waals surface area contributed by atoms with Crippen LogP contribution < -0.4 is 4.90 Å². The quantitative estimate of drug-likeness (QED) is 0.899. The Bertz CT molecular complexity index is 575. The fourth-order valence-electron chi connectivity index (χ4n) is 1.50. The highest BCUT2D eigenvalue weighted by molar-refractivity contribution is 5.89. The molecule has 92 valence electrons. The van der Waals surface area contributed by atoms with Gasteiger partial charge in [-0.25, -0.2) is 19.2 Å². The van der Waals surface area contributed by atoms with Gasteiger partial charge in [0.25, 0.3) is 0 Å². The normalized spacial score (nSPS) is 10.1. The molecule has 0 aliphatic rings. The molecule has 0 aliphatic carbocycles. The molecule has 1 aromatic carbocycles. The second kappa shape index (κ2) is 4.79. The summed E-state index contributed by atoms with van der Waals surface area (Å²) >= 11 is 0. The molecular weight excluding hydrogens is 237 g/mol. The van der Waals surface area contributed by atoms with Gasteiger partial charge in [0.15, 0.2) is 0 Å². The van der Waals surface area contributed by atoms with Gasteiger partial charge in [-0.3, -0.25) is 0 Å². The maximum absolute atomic E-state index is 13.3. The van der Waals surface area contributed by atoms with E-state index in [0.717, 1.165) is 6.07 Å². The van der Waals surface area contributed by atoms with Crippen molar-refractivity contribution in [3.05, 3.63) is 48.3 Å². The number of benzene rings is 1. The molecule has 0 saturated heterocycles. The molecule has 0 unspecified atom stereocenters. The Balaban J connectivity index is 2.42. The second-order valence-corrected chi connectivity index (χ2v) is 3.66. The van der Waals surface area contributed by atoms with Crippen molar-refractivity contribution >= 4 is 17.3 Å². The Morgan fingerprint density at radius 1 is 1.22 bits per heavy atom. The molecule has 1 heterocycles. The van der Waals surface area contributed by atoms with Gasteiger partial charge in [-0.15, -0.1) is 0 Å². The predicted octanol–water partition coefficient (Wildman–Crippen LogP) is 2.08. The molecule has 2 aromatic rings. The van der Waals surface area contributed by atoms with Gasteiger partial charge in [-0.05, 0) is 18.2 Å². The summed E-state index contributed by atoms with van der Waals surface area (Å²) < 4.78 is 13.3. The van der Waals surface area contributed by atoms with Gasteiger partial charge in [0, 0.05) is 12.7 Å². The van der Waals surface area contributed by atoms with E-state index in [9.17, 15) is 9.18 Å². The fraction of sp³-hybridized carbons (Fsp3) is 0.0833. The summed E-state index contributed by atoms with van der Waals surface area (Å²) in [5.74, 6) is -1.78. The zero-order valence-corrected chi connectivity index (χ0v) is 9.54. The van der Waals surface area contributed by atoms with Crippen molar-refractivity contribution in [1.82, 2.24) is 9.97 Å². The topological polar surface area (TPSA) is 66.3 Å². The zero-order chi connectivity index (χ0) is 13.1. The minimum Gasteiger partial charge on any atom is -0.478 e. The minimum atomic E-state index is -1.17. The molecule has 0 amide bonds. The highest BCUT2D eigenvalue weighted by Crippen LogP contribution is 2.24. The van der Waals surface area contributed by atoms with Gasteiger partial charge in [0.1, 0.15) is 12.1 Å². The Hall–Kier alpha value is -2.50. The number of anilines is 2. The van der Waals surface area contributed by atoms with Crippen LogP contribution in [0.15, 0.2) is 36.9 Å². The van der Waals surface area contributed by atoms with Crippen molar-refractivity contribution < 1.29 is 14.3 Å². The van der Waals surface area contributed by atoms with Gasteiger partial charge in [-0.1, -0.05) is 0 Å². The third kappa shape index (κ3) is 2.42. The van der Waals surface area contributed by atoms with Crippen molar-refractivity contribution in [1.29, 1.82) is 0 Å². The third-order valence-electron chi connectivity index (χ3n) is 2.45. The van der Waals surface area contributed by atoms with E-state index in [1.165, 1.54) is 18.5 Å². The summed E-state index contributed by atoms with van der Waals surface area (Å²) in [6.45, 7) is 0. The van der Waals surface area contributed by atoms with Crippen LogP contribution in [0, 0.1) is 5.82 Å². The van der Waals surface area contributed by atoms with E-state index in [1.54, 1.807) is 24.3 Å². The van der Waals surface area contributed by atoms with Crippen LogP contribution in [0.2, 0.25) is 0 Å². The number of carboxylic acids is 1. The molecular formula is C12H10FN3O2.